The van der Waals surface area contributed by atoms with Crippen molar-refractivity contribution >= 4 is 18.3 Å². The smallest absolute Gasteiger partial charge is 0.342 e. The molecule has 134 valence electrons. The highest BCUT2D eigenvalue weighted by atomic mass is 35.5. The molecule has 3 unspecified atom stereocenters. The zero-order valence-corrected chi connectivity index (χ0v) is 14.3. The molecule has 0 radical (unpaired) electrons. The van der Waals surface area contributed by atoms with E-state index in [4.69, 9.17) is 0 Å². The number of nitrogens with zero attached hydrogens (tertiary/aromatic N) is 1. The minimum absolute atomic E-state index is 0. The van der Waals surface area contributed by atoms with Crippen LogP contribution in [0.15, 0.2) is 24.3 Å². The first-order valence-corrected chi connectivity index (χ1v) is 8.00. The van der Waals surface area contributed by atoms with E-state index in [2.05, 4.69) is 5.32 Å². The summed E-state index contributed by atoms with van der Waals surface area (Å²) in [6.07, 6.45) is -2.54. The van der Waals surface area contributed by atoms with Gasteiger partial charge in [0.2, 0.25) is 5.91 Å². The average molecular weight is 363 g/mol. The monoisotopic (exact) mass is 362 g/mol. The van der Waals surface area contributed by atoms with Gasteiger partial charge in [-0.3, -0.25) is 4.79 Å². The number of halogens is 4. The standard InChI is InChI=1S/C17H21F3N2O.ClH/c1-21-9-11-6-7-22(10-11)16(23)15-8-14(15)12-2-4-13(5-3-12)17(18,19)20;/h2-5,11,14-15,21H,6-10H2,1H3;1H. The lowest BCUT2D eigenvalue weighted by Crippen LogP contribution is -2.31. The Labute approximate surface area is 146 Å². The van der Waals surface area contributed by atoms with Crippen LogP contribution in [0.25, 0.3) is 0 Å². The molecule has 2 aliphatic rings. The summed E-state index contributed by atoms with van der Waals surface area (Å²) in [6.45, 7) is 2.49. The second-order valence-electron chi connectivity index (χ2n) is 6.57. The molecule has 1 aromatic rings. The van der Waals surface area contributed by atoms with Crippen molar-refractivity contribution in [2.45, 2.75) is 24.9 Å². The van der Waals surface area contributed by atoms with Gasteiger partial charge in [-0.2, -0.15) is 13.2 Å². The van der Waals surface area contributed by atoms with E-state index in [1.165, 1.54) is 12.1 Å². The van der Waals surface area contributed by atoms with Gasteiger partial charge < -0.3 is 10.2 Å². The maximum absolute atomic E-state index is 12.6. The maximum Gasteiger partial charge on any atom is 0.416 e. The number of likely N-dealkylation sites (tertiary alicyclic amines) is 1. The highest BCUT2D eigenvalue weighted by Gasteiger charge is 2.46. The predicted octanol–water partition coefficient (Wildman–Crippen LogP) is 3.30. The Bertz CT molecular complexity index is 576. The SMILES string of the molecule is CNCC1CCN(C(=O)C2CC2c2ccc(C(F)(F)F)cc2)C1.Cl. The molecule has 0 spiro atoms. The van der Waals surface area contributed by atoms with Crippen molar-refractivity contribution in [3.63, 3.8) is 0 Å². The Morgan fingerprint density at radius 2 is 1.96 bits per heavy atom. The van der Waals surface area contributed by atoms with Gasteiger partial charge >= 0.3 is 6.18 Å². The minimum atomic E-state index is -4.31. The fourth-order valence-corrected chi connectivity index (χ4v) is 3.48. The number of benzene rings is 1. The molecule has 1 aliphatic heterocycles. The molecule has 7 heteroatoms. The maximum atomic E-state index is 12.6. The van der Waals surface area contributed by atoms with Crippen LogP contribution in [0.5, 0.6) is 0 Å². The zero-order valence-electron chi connectivity index (χ0n) is 13.5. The molecule has 3 nitrogen and oxygen atoms in total. The molecule has 1 aromatic carbocycles. The number of carbonyl (C=O) groups excluding carboxylic acids is 1. The Balaban J connectivity index is 0.00000208. The van der Waals surface area contributed by atoms with E-state index in [9.17, 15) is 18.0 Å². The van der Waals surface area contributed by atoms with E-state index in [-0.39, 0.29) is 30.2 Å². The summed E-state index contributed by atoms with van der Waals surface area (Å²) >= 11 is 0. The quantitative estimate of drug-likeness (QED) is 0.891. The number of amides is 1. The van der Waals surface area contributed by atoms with Crippen LogP contribution in [0.4, 0.5) is 13.2 Å². The van der Waals surface area contributed by atoms with Crippen molar-refractivity contribution in [1.29, 1.82) is 0 Å². The van der Waals surface area contributed by atoms with Gasteiger partial charge in [0, 0.05) is 19.0 Å². The van der Waals surface area contributed by atoms with Crippen LogP contribution in [0.1, 0.15) is 29.9 Å². The van der Waals surface area contributed by atoms with Gasteiger partial charge in [0.15, 0.2) is 0 Å². The van der Waals surface area contributed by atoms with E-state index < -0.39 is 11.7 Å². The topological polar surface area (TPSA) is 32.3 Å². The summed E-state index contributed by atoms with van der Waals surface area (Å²) in [6, 6.07) is 5.23. The van der Waals surface area contributed by atoms with Gasteiger partial charge in [-0.15, -0.1) is 12.4 Å². The molecular weight excluding hydrogens is 341 g/mol. The van der Waals surface area contributed by atoms with Crippen LogP contribution >= 0.6 is 12.4 Å². The number of alkyl halides is 3. The Morgan fingerprint density at radius 1 is 1.29 bits per heavy atom. The van der Waals surface area contributed by atoms with Gasteiger partial charge in [-0.1, -0.05) is 12.1 Å². The third-order valence-electron chi connectivity index (χ3n) is 4.86. The fourth-order valence-electron chi connectivity index (χ4n) is 3.48. The van der Waals surface area contributed by atoms with Crippen molar-refractivity contribution < 1.29 is 18.0 Å². The lowest BCUT2D eigenvalue weighted by molar-refractivity contribution is -0.137. The predicted molar refractivity (Wildman–Crippen MR) is 88.2 cm³/mol. The fraction of sp³-hybridized carbons (Fsp3) is 0.588. The molecule has 1 amide bonds. The molecular formula is C17H22ClF3N2O. The van der Waals surface area contributed by atoms with E-state index >= 15 is 0 Å². The number of nitrogens with one attached hydrogen (secondary N) is 1. The molecule has 3 rings (SSSR count). The molecule has 1 aliphatic carbocycles. The third-order valence-corrected chi connectivity index (χ3v) is 4.86. The first-order chi connectivity index (χ1) is 10.9. The van der Waals surface area contributed by atoms with Crippen LogP contribution in [-0.2, 0) is 11.0 Å². The summed E-state index contributed by atoms with van der Waals surface area (Å²) in [4.78, 5) is 14.4. The molecule has 1 N–H and O–H groups in total. The Kier molecular flexibility index (Phi) is 5.81. The first-order valence-electron chi connectivity index (χ1n) is 8.00. The summed E-state index contributed by atoms with van der Waals surface area (Å²) in [5.74, 6) is 0.689. The molecule has 2 fully saturated rings. The summed E-state index contributed by atoms with van der Waals surface area (Å²) < 4.78 is 37.7. The number of rotatable bonds is 4. The van der Waals surface area contributed by atoms with Crippen molar-refractivity contribution in [2.75, 3.05) is 26.7 Å². The first kappa shape index (κ1) is 19.1. The van der Waals surface area contributed by atoms with E-state index in [1.54, 1.807) is 0 Å². The van der Waals surface area contributed by atoms with Crippen molar-refractivity contribution in [2.24, 2.45) is 11.8 Å². The molecule has 1 saturated heterocycles. The minimum Gasteiger partial charge on any atom is -0.342 e. The van der Waals surface area contributed by atoms with Gasteiger partial charge in [0.25, 0.3) is 0 Å². The molecule has 0 aromatic heterocycles. The summed E-state index contributed by atoms with van der Waals surface area (Å²) in [7, 11) is 1.91. The van der Waals surface area contributed by atoms with E-state index in [0.717, 1.165) is 50.2 Å². The van der Waals surface area contributed by atoms with Crippen LogP contribution in [-0.4, -0.2) is 37.5 Å². The molecule has 3 atom stereocenters. The van der Waals surface area contributed by atoms with E-state index in [0.29, 0.717) is 5.92 Å². The Morgan fingerprint density at radius 3 is 2.54 bits per heavy atom. The number of hydrogen-bond acceptors (Lipinski definition) is 2. The van der Waals surface area contributed by atoms with Crippen molar-refractivity contribution in [3.05, 3.63) is 35.4 Å². The number of hydrogen-bond donors (Lipinski definition) is 1. The highest BCUT2D eigenvalue weighted by Crippen LogP contribution is 2.49. The second-order valence-corrected chi connectivity index (χ2v) is 6.57. The average Bonchev–Trinajstić information content (AvgIpc) is 3.18. The van der Waals surface area contributed by atoms with E-state index in [1.807, 2.05) is 11.9 Å². The lowest BCUT2D eigenvalue weighted by Gasteiger charge is -2.16. The van der Waals surface area contributed by atoms with Crippen molar-refractivity contribution in [1.82, 2.24) is 10.2 Å². The molecule has 1 heterocycles. The van der Waals surface area contributed by atoms with Gasteiger partial charge in [-0.05, 0) is 56.0 Å². The molecule has 1 saturated carbocycles. The van der Waals surface area contributed by atoms with Gasteiger partial charge in [0.05, 0.1) is 5.56 Å². The molecule has 24 heavy (non-hydrogen) atoms. The van der Waals surface area contributed by atoms with Crippen LogP contribution in [0.3, 0.4) is 0 Å². The summed E-state index contributed by atoms with van der Waals surface area (Å²) in [5.41, 5.74) is 0.196. The normalized spacial score (nSPS) is 26.2. The van der Waals surface area contributed by atoms with Crippen LogP contribution in [0, 0.1) is 11.8 Å². The third kappa shape index (κ3) is 4.03. The largest absolute Gasteiger partial charge is 0.416 e. The molecule has 0 bridgehead atoms. The highest BCUT2D eigenvalue weighted by molar-refractivity contribution is 5.85. The van der Waals surface area contributed by atoms with Crippen LogP contribution < -0.4 is 5.32 Å². The second kappa shape index (κ2) is 7.31. The van der Waals surface area contributed by atoms with Gasteiger partial charge in [-0.25, -0.2) is 0 Å². The van der Waals surface area contributed by atoms with Gasteiger partial charge in [0.1, 0.15) is 0 Å². The van der Waals surface area contributed by atoms with Crippen LogP contribution in [0.2, 0.25) is 0 Å². The Hall–Kier alpha value is -1.27. The lowest BCUT2D eigenvalue weighted by atomic mass is 10.1. The zero-order chi connectivity index (χ0) is 16.6. The van der Waals surface area contributed by atoms with Crippen molar-refractivity contribution in [3.8, 4) is 0 Å². The summed E-state index contributed by atoms with van der Waals surface area (Å²) in [5, 5.41) is 3.14. The number of carbonyl (C=O) groups is 1.